The van der Waals surface area contributed by atoms with Crippen LogP contribution in [0.3, 0.4) is 0 Å². The Morgan fingerprint density at radius 1 is 0.395 bits per heavy atom. The van der Waals surface area contributed by atoms with Crippen molar-refractivity contribution in [1.82, 2.24) is 0 Å². The van der Waals surface area contributed by atoms with Gasteiger partial charge < -0.3 is 10.2 Å². The number of rotatable bonds is 1. The topological polar surface area (TPSA) is 40.5 Å². The molecule has 0 aliphatic rings. The van der Waals surface area contributed by atoms with Crippen LogP contribution in [0.25, 0.3) is 32.7 Å². The molecule has 6 rings (SSSR count). The summed E-state index contributed by atoms with van der Waals surface area (Å²) in [6.07, 6.45) is 0. The summed E-state index contributed by atoms with van der Waals surface area (Å²) >= 11 is 0. The molecular weight excluding hydrogens is 464 g/mol. The van der Waals surface area contributed by atoms with Gasteiger partial charge in [-0.15, -0.1) is 0 Å². The van der Waals surface area contributed by atoms with Gasteiger partial charge in [-0.05, 0) is 70.1 Å². The molecule has 0 fully saturated rings. The first-order valence-electron chi connectivity index (χ1n) is 12.3. The zero-order valence-corrected chi connectivity index (χ0v) is 20.4. The van der Waals surface area contributed by atoms with E-state index in [1.54, 1.807) is 12.1 Å². The van der Waals surface area contributed by atoms with Crippen LogP contribution in [0.1, 0.15) is 22.3 Å². The molecule has 0 heterocycles. The summed E-state index contributed by atoms with van der Waals surface area (Å²) in [6.45, 7) is 0. The van der Waals surface area contributed by atoms with Crippen molar-refractivity contribution in [2.24, 2.45) is 0 Å². The Kier molecular flexibility index (Phi) is 5.99. The number of benzene rings is 6. The second-order valence-electron chi connectivity index (χ2n) is 8.99. The minimum absolute atomic E-state index is 0.0598. The molecule has 0 radical (unpaired) electrons. The number of aromatic hydroxyl groups is 2. The van der Waals surface area contributed by atoms with Crippen molar-refractivity contribution < 1.29 is 10.2 Å². The summed E-state index contributed by atoms with van der Waals surface area (Å²) in [7, 11) is 0. The van der Waals surface area contributed by atoms with Crippen molar-refractivity contribution in [1.29, 1.82) is 0 Å². The smallest absolute Gasteiger partial charge is 0.125 e. The Morgan fingerprint density at radius 3 is 1.74 bits per heavy atom. The Bertz CT molecular complexity index is 1930. The van der Waals surface area contributed by atoms with Crippen LogP contribution in [-0.4, -0.2) is 10.2 Å². The molecule has 2 N–H and O–H groups in total. The van der Waals surface area contributed by atoms with Crippen LogP contribution in [0.2, 0.25) is 0 Å². The molecule has 0 amide bonds. The van der Waals surface area contributed by atoms with E-state index in [1.807, 2.05) is 109 Å². The van der Waals surface area contributed by atoms with E-state index in [0.29, 0.717) is 16.7 Å². The van der Waals surface area contributed by atoms with Crippen LogP contribution in [0.4, 0.5) is 0 Å². The third-order valence-electron chi connectivity index (χ3n) is 6.51. The van der Waals surface area contributed by atoms with Crippen molar-refractivity contribution in [3.8, 4) is 46.3 Å². The Hall–Kier alpha value is -5.44. The first-order valence-corrected chi connectivity index (χ1v) is 12.3. The Balaban J connectivity index is 1.61. The summed E-state index contributed by atoms with van der Waals surface area (Å²) in [5.41, 5.74) is 4.51. The molecule has 6 aromatic carbocycles. The lowest BCUT2D eigenvalue weighted by Crippen LogP contribution is -1.91. The van der Waals surface area contributed by atoms with Gasteiger partial charge in [0.15, 0.2) is 0 Å². The van der Waals surface area contributed by atoms with Gasteiger partial charge in [-0.1, -0.05) is 96.5 Å². The molecule has 0 atom stereocenters. The number of fused-ring (bicyclic) bond motifs is 2. The summed E-state index contributed by atoms with van der Waals surface area (Å²) in [6, 6.07) is 38.6. The largest absolute Gasteiger partial charge is 0.507 e. The third-order valence-corrected chi connectivity index (χ3v) is 6.51. The quantitative estimate of drug-likeness (QED) is 0.232. The molecule has 38 heavy (non-hydrogen) atoms. The normalized spacial score (nSPS) is 10.4. The highest BCUT2D eigenvalue weighted by Crippen LogP contribution is 2.45. The van der Waals surface area contributed by atoms with Crippen LogP contribution in [0, 0.1) is 23.7 Å². The first kappa shape index (κ1) is 23.0. The molecule has 0 saturated carbocycles. The predicted molar refractivity (Wildman–Crippen MR) is 155 cm³/mol. The van der Waals surface area contributed by atoms with Gasteiger partial charge >= 0.3 is 0 Å². The number of phenols is 2. The maximum absolute atomic E-state index is 11.3. The van der Waals surface area contributed by atoms with E-state index in [0.717, 1.165) is 38.2 Å². The minimum atomic E-state index is 0.0598. The molecule has 0 spiro atoms. The highest BCUT2D eigenvalue weighted by molar-refractivity contribution is 6.11. The lowest BCUT2D eigenvalue weighted by atomic mass is 9.89. The standard InChI is InChI=1S/C36H22O2/c37-33-22-20-28-13-7-8-14-30(28)35(33)36-31-21-18-27(16-15-25-9-3-1-4-10-25)23-32(31)29(24-34(36)38)19-17-26-11-5-2-6-12-26/h1-14,18,20-24,37-38H. The van der Waals surface area contributed by atoms with Gasteiger partial charge in [0.05, 0.1) is 0 Å². The lowest BCUT2D eigenvalue weighted by Gasteiger charge is -2.15. The van der Waals surface area contributed by atoms with E-state index in [1.165, 1.54) is 0 Å². The zero-order chi connectivity index (χ0) is 25.9. The fraction of sp³-hybridized carbons (Fsp3) is 0. The number of hydrogen-bond acceptors (Lipinski definition) is 2. The van der Waals surface area contributed by atoms with Gasteiger partial charge in [0, 0.05) is 33.4 Å². The Labute approximate surface area is 221 Å². The van der Waals surface area contributed by atoms with Crippen LogP contribution in [0.5, 0.6) is 11.5 Å². The van der Waals surface area contributed by atoms with Crippen LogP contribution < -0.4 is 0 Å². The molecule has 2 nitrogen and oxygen atoms in total. The van der Waals surface area contributed by atoms with E-state index < -0.39 is 0 Å². The summed E-state index contributed by atoms with van der Waals surface area (Å²) in [5, 5.41) is 25.8. The van der Waals surface area contributed by atoms with E-state index in [9.17, 15) is 10.2 Å². The highest BCUT2D eigenvalue weighted by atomic mass is 16.3. The van der Waals surface area contributed by atoms with Crippen LogP contribution >= 0.6 is 0 Å². The molecule has 0 saturated heterocycles. The van der Waals surface area contributed by atoms with Gasteiger partial charge in [0.25, 0.3) is 0 Å². The summed E-state index contributed by atoms with van der Waals surface area (Å²) in [4.78, 5) is 0. The van der Waals surface area contributed by atoms with Gasteiger partial charge in [0.1, 0.15) is 11.5 Å². The van der Waals surface area contributed by atoms with E-state index in [4.69, 9.17) is 0 Å². The average molecular weight is 487 g/mol. The summed E-state index contributed by atoms with van der Waals surface area (Å²) < 4.78 is 0. The van der Waals surface area contributed by atoms with Crippen molar-refractivity contribution in [3.63, 3.8) is 0 Å². The van der Waals surface area contributed by atoms with E-state index in [2.05, 4.69) is 23.7 Å². The second kappa shape index (κ2) is 9.90. The third kappa shape index (κ3) is 4.44. The van der Waals surface area contributed by atoms with Gasteiger partial charge in [-0.2, -0.15) is 0 Å². The van der Waals surface area contributed by atoms with Crippen LogP contribution in [-0.2, 0) is 0 Å². The average Bonchev–Trinajstić information content (AvgIpc) is 2.96. The van der Waals surface area contributed by atoms with Crippen LogP contribution in [0.15, 0.2) is 121 Å². The maximum atomic E-state index is 11.3. The minimum Gasteiger partial charge on any atom is -0.507 e. The fourth-order valence-electron chi connectivity index (χ4n) is 4.70. The fourth-order valence-corrected chi connectivity index (χ4v) is 4.70. The van der Waals surface area contributed by atoms with Crippen molar-refractivity contribution in [2.75, 3.05) is 0 Å². The lowest BCUT2D eigenvalue weighted by molar-refractivity contribution is 0.470. The number of hydrogen-bond donors (Lipinski definition) is 2. The predicted octanol–water partition coefficient (Wildman–Crippen LogP) is 7.87. The van der Waals surface area contributed by atoms with E-state index >= 15 is 0 Å². The molecule has 2 heteroatoms. The van der Waals surface area contributed by atoms with Crippen molar-refractivity contribution in [3.05, 3.63) is 144 Å². The van der Waals surface area contributed by atoms with Gasteiger partial charge in [-0.3, -0.25) is 0 Å². The molecular formula is C36H22O2. The molecule has 0 aliphatic heterocycles. The second-order valence-corrected chi connectivity index (χ2v) is 8.99. The first-order chi connectivity index (χ1) is 18.7. The molecule has 6 aromatic rings. The molecule has 0 aliphatic carbocycles. The van der Waals surface area contributed by atoms with E-state index in [-0.39, 0.29) is 11.5 Å². The SMILES string of the molecule is Oc1ccc2ccccc2c1-c1c(O)cc(C#Cc2ccccc2)c2cc(C#Cc3ccccc3)ccc12. The van der Waals surface area contributed by atoms with Crippen molar-refractivity contribution >= 4 is 21.5 Å². The molecule has 0 aromatic heterocycles. The Morgan fingerprint density at radius 2 is 1.00 bits per heavy atom. The summed E-state index contributed by atoms with van der Waals surface area (Å²) in [5.74, 6) is 13.1. The van der Waals surface area contributed by atoms with Crippen molar-refractivity contribution in [2.45, 2.75) is 0 Å². The molecule has 178 valence electrons. The maximum Gasteiger partial charge on any atom is 0.125 e. The molecule has 0 unspecified atom stereocenters. The number of phenolic OH excluding ortho intramolecular Hbond substituents is 2. The van der Waals surface area contributed by atoms with Gasteiger partial charge in [0.2, 0.25) is 0 Å². The monoisotopic (exact) mass is 486 g/mol. The zero-order valence-electron chi connectivity index (χ0n) is 20.4. The molecule has 0 bridgehead atoms. The highest BCUT2D eigenvalue weighted by Gasteiger charge is 2.18. The van der Waals surface area contributed by atoms with Gasteiger partial charge in [-0.25, -0.2) is 0 Å².